The van der Waals surface area contributed by atoms with Crippen LogP contribution in [-0.2, 0) is 0 Å². The van der Waals surface area contributed by atoms with Crippen molar-refractivity contribution in [1.29, 1.82) is 0 Å². The molecule has 1 aliphatic rings. The van der Waals surface area contributed by atoms with Crippen molar-refractivity contribution in [3.63, 3.8) is 0 Å². The van der Waals surface area contributed by atoms with Crippen molar-refractivity contribution in [3.05, 3.63) is 23.8 Å². The molecule has 0 saturated heterocycles. The van der Waals surface area contributed by atoms with Gasteiger partial charge in [0.15, 0.2) is 11.5 Å². The van der Waals surface area contributed by atoms with Crippen molar-refractivity contribution < 1.29 is 9.47 Å². The summed E-state index contributed by atoms with van der Waals surface area (Å²) in [5, 5.41) is 0. The van der Waals surface area contributed by atoms with Crippen LogP contribution in [0, 0.1) is 0 Å². The van der Waals surface area contributed by atoms with E-state index >= 15 is 0 Å². The van der Waals surface area contributed by atoms with E-state index < -0.39 is 0 Å². The number of hydrogen-bond donors (Lipinski definition) is 1. The van der Waals surface area contributed by atoms with Gasteiger partial charge in [0.25, 0.3) is 0 Å². The number of rotatable bonds is 2. The summed E-state index contributed by atoms with van der Waals surface area (Å²) in [4.78, 5) is 0. The zero-order valence-electron chi connectivity index (χ0n) is 8.32. The molecule has 14 heavy (non-hydrogen) atoms. The summed E-state index contributed by atoms with van der Waals surface area (Å²) in [6, 6.07) is 5.91. The Morgan fingerprint density at radius 1 is 1.36 bits per heavy atom. The Morgan fingerprint density at radius 3 is 2.93 bits per heavy atom. The van der Waals surface area contributed by atoms with E-state index in [-0.39, 0.29) is 6.04 Å². The Kier molecular flexibility index (Phi) is 2.59. The Hall–Kier alpha value is -1.22. The van der Waals surface area contributed by atoms with Gasteiger partial charge in [-0.3, -0.25) is 0 Å². The zero-order valence-corrected chi connectivity index (χ0v) is 8.32. The second kappa shape index (κ2) is 3.88. The first-order valence-corrected chi connectivity index (χ1v) is 4.97. The standard InChI is InChI=1S/C11H15NO2/c1-2-9(12)8-4-3-5-10-11(8)14-7-6-13-10/h3-5,9H,2,6-7,12H2,1H3/t9-/m1/s1. The van der Waals surface area contributed by atoms with Crippen LogP contribution in [0.15, 0.2) is 18.2 Å². The lowest BCUT2D eigenvalue weighted by Gasteiger charge is -2.22. The molecular weight excluding hydrogens is 178 g/mol. The van der Waals surface area contributed by atoms with Gasteiger partial charge in [-0.15, -0.1) is 0 Å². The molecule has 0 aromatic heterocycles. The van der Waals surface area contributed by atoms with Crippen molar-refractivity contribution >= 4 is 0 Å². The predicted molar refractivity (Wildman–Crippen MR) is 54.7 cm³/mol. The lowest BCUT2D eigenvalue weighted by atomic mass is 10.0. The van der Waals surface area contributed by atoms with Crippen LogP contribution in [-0.4, -0.2) is 13.2 Å². The first-order valence-electron chi connectivity index (χ1n) is 4.97. The van der Waals surface area contributed by atoms with E-state index in [2.05, 4.69) is 6.92 Å². The Labute approximate surface area is 83.8 Å². The molecular formula is C11H15NO2. The Balaban J connectivity index is 2.39. The fourth-order valence-electron chi connectivity index (χ4n) is 1.61. The lowest BCUT2D eigenvalue weighted by Crippen LogP contribution is -2.19. The summed E-state index contributed by atoms with van der Waals surface area (Å²) in [6.07, 6.45) is 0.903. The van der Waals surface area contributed by atoms with Crippen LogP contribution in [0.3, 0.4) is 0 Å². The molecule has 3 nitrogen and oxygen atoms in total. The molecule has 0 spiro atoms. The quantitative estimate of drug-likeness (QED) is 0.779. The lowest BCUT2D eigenvalue weighted by molar-refractivity contribution is 0.169. The maximum Gasteiger partial charge on any atom is 0.166 e. The summed E-state index contributed by atoms with van der Waals surface area (Å²) >= 11 is 0. The van der Waals surface area contributed by atoms with Gasteiger partial charge in [-0.25, -0.2) is 0 Å². The van der Waals surface area contributed by atoms with Crippen LogP contribution in [0.1, 0.15) is 24.9 Å². The molecule has 0 aliphatic carbocycles. The first kappa shape index (κ1) is 9.34. The number of hydrogen-bond acceptors (Lipinski definition) is 3. The topological polar surface area (TPSA) is 44.5 Å². The van der Waals surface area contributed by atoms with Crippen molar-refractivity contribution in [2.24, 2.45) is 5.73 Å². The Bertz CT molecular complexity index is 325. The van der Waals surface area contributed by atoms with Crippen molar-refractivity contribution in [1.82, 2.24) is 0 Å². The minimum atomic E-state index is 0.0339. The summed E-state index contributed by atoms with van der Waals surface area (Å²) in [6.45, 7) is 3.30. The minimum Gasteiger partial charge on any atom is -0.486 e. The van der Waals surface area contributed by atoms with Gasteiger partial charge in [0.1, 0.15) is 13.2 Å². The molecule has 3 heteroatoms. The molecule has 0 unspecified atom stereocenters. The maximum atomic E-state index is 5.98. The van der Waals surface area contributed by atoms with Crippen molar-refractivity contribution in [2.45, 2.75) is 19.4 Å². The van der Waals surface area contributed by atoms with Crippen LogP contribution in [0.25, 0.3) is 0 Å². The van der Waals surface area contributed by atoms with Crippen LogP contribution in [0.2, 0.25) is 0 Å². The minimum absolute atomic E-state index is 0.0339. The summed E-state index contributed by atoms with van der Waals surface area (Å²) in [5.41, 5.74) is 7.03. The SMILES string of the molecule is CC[C@@H](N)c1cccc2c1OCCO2. The summed E-state index contributed by atoms with van der Waals surface area (Å²) < 4.78 is 11.1. The van der Waals surface area contributed by atoms with Gasteiger partial charge < -0.3 is 15.2 Å². The number of ether oxygens (including phenoxy) is 2. The molecule has 0 amide bonds. The zero-order chi connectivity index (χ0) is 9.97. The number of fused-ring (bicyclic) bond motifs is 1. The average Bonchev–Trinajstić information content (AvgIpc) is 2.27. The highest BCUT2D eigenvalue weighted by Crippen LogP contribution is 2.36. The van der Waals surface area contributed by atoms with E-state index in [1.54, 1.807) is 0 Å². The largest absolute Gasteiger partial charge is 0.486 e. The maximum absolute atomic E-state index is 5.98. The van der Waals surface area contributed by atoms with E-state index in [1.165, 1.54) is 0 Å². The number of nitrogens with two attached hydrogens (primary N) is 1. The third-order valence-corrected chi connectivity index (χ3v) is 2.44. The molecule has 1 atom stereocenters. The summed E-state index contributed by atoms with van der Waals surface area (Å²) in [7, 11) is 0. The fraction of sp³-hybridized carbons (Fsp3) is 0.455. The highest BCUT2D eigenvalue weighted by atomic mass is 16.6. The van der Waals surface area contributed by atoms with Crippen molar-refractivity contribution in [2.75, 3.05) is 13.2 Å². The van der Waals surface area contributed by atoms with Crippen LogP contribution in [0.5, 0.6) is 11.5 Å². The molecule has 0 bridgehead atoms. The van der Waals surface area contributed by atoms with Gasteiger partial charge in [0, 0.05) is 11.6 Å². The molecule has 76 valence electrons. The molecule has 1 heterocycles. The predicted octanol–water partition coefficient (Wildman–Crippen LogP) is 1.87. The van der Waals surface area contributed by atoms with Crippen LogP contribution < -0.4 is 15.2 Å². The third-order valence-electron chi connectivity index (χ3n) is 2.44. The molecule has 0 radical (unpaired) electrons. The van der Waals surface area contributed by atoms with Crippen LogP contribution in [0.4, 0.5) is 0 Å². The Morgan fingerprint density at radius 2 is 2.14 bits per heavy atom. The van der Waals surface area contributed by atoms with E-state index in [0.29, 0.717) is 13.2 Å². The molecule has 1 aliphatic heterocycles. The van der Waals surface area contributed by atoms with E-state index in [0.717, 1.165) is 23.5 Å². The molecule has 0 fully saturated rings. The normalized spacial score (nSPS) is 16.4. The van der Waals surface area contributed by atoms with Gasteiger partial charge in [-0.05, 0) is 12.5 Å². The second-order valence-corrected chi connectivity index (χ2v) is 3.39. The van der Waals surface area contributed by atoms with E-state index in [4.69, 9.17) is 15.2 Å². The van der Waals surface area contributed by atoms with Crippen LogP contribution >= 0.6 is 0 Å². The van der Waals surface area contributed by atoms with Gasteiger partial charge in [0.2, 0.25) is 0 Å². The number of benzene rings is 1. The van der Waals surface area contributed by atoms with E-state index in [1.807, 2.05) is 18.2 Å². The molecule has 1 aromatic rings. The van der Waals surface area contributed by atoms with E-state index in [9.17, 15) is 0 Å². The molecule has 1 aromatic carbocycles. The average molecular weight is 193 g/mol. The highest BCUT2D eigenvalue weighted by Gasteiger charge is 2.18. The smallest absolute Gasteiger partial charge is 0.166 e. The van der Waals surface area contributed by atoms with Gasteiger partial charge >= 0.3 is 0 Å². The van der Waals surface area contributed by atoms with Crippen molar-refractivity contribution in [3.8, 4) is 11.5 Å². The number of para-hydroxylation sites is 1. The molecule has 2 N–H and O–H groups in total. The van der Waals surface area contributed by atoms with Gasteiger partial charge in [-0.1, -0.05) is 19.1 Å². The third kappa shape index (κ3) is 1.55. The second-order valence-electron chi connectivity index (χ2n) is 3.39. The molecule has 0 saturated carbocycles. The molecule has 2 rings (SSSR count). The highest BCUT2D eigenvalue weighted by molar-refractivity contribution is 5.48. The van der Waals surface area contributed by atoms with Gasteiger partial charge in [-0.2, -0.15) is 0 Å². The summed E-state index contributed by atoms with van der Waals surface area (Å²) in [5.74, 6) is 1.64. The first-order chi connectivity index (χ1) is 6.83. The fourth-order valence-corrected chi connectivity index (χ4v) is 1.61. The monoisotopic (exact) mass is 193 g/mol. The van der Waals surface area contributed by atoms with Gasteiger partial charge in [0.05, 0.1) is 0 Å².